The van der Waals surface area contributed by atoms with Crippen LogP contribution in [0.15, 0.2) is 28.7 Å². The van der Waals surface area contributed by atoms with Gasteiger partial charge in [-0.25, -0.2) is 0 Å². The van der Waals surface area contributed by atoms with E-state index in [-0.39, 0.29) is 5.91 Å². The number of nitrogens with one attached hydrogen (secondary N) is 1. The van der Waals surface area contributed by atoms with Crippen LogP contribution in [0.3, 0.4) is 0 Å². The predicted octanol–water partition coefficient (Wildman–Crippen LogP) is 4.13. The van der Waals surface area contributed by atoms with Gasteiger partial charge in [-0.15, -0.1) is 0 Å². The van der Waals surface area contributed by atoms with Crippen molar-refractivity contribution in [1.82, 2.24) is 5.32 Å². The van der Waals surface area contributed by atoms with E-state index in [0.29, 0.717) is 12.0 Å². The van der Waals surface area contributed by atoms with E-state index in [1.165, 1.54) is 19.3 Å². The third kappa shape index (κ3) is 3.35. The molecule has 1 aromatic carbocycles. The Bertz CT molecular complexity index is 422. The van der Waals surface area contributed by atoms with E-state index >= 15 is 0 Å². The van der Waals surface area contributed by atoms with Crippen LogP contribution in [-0.4, -0.2) is 17.3 Å². The second kappa shape index (κ2) is 6.71. The summed E-state index contributed by atoms with van der Waals surface area (Å²) < 4.78 is 0.855. The molecule has 0 radical (unpaired) electrons. The standard InChI is InChI=1S/C14H17Br2NO/c15-9-10-5-1-4-8-13(10)17-14(18)11-6-2-3-7-12(11)16/h2-3,6-7,10,13H,1,4-5,8-9H2,(H,17,18). The van der Waals surface area contributed by atoms with Crippen molar-refractivity contribution in [1.29, 1.82) is 0 Å². The first-order valence-corrected chi connectivity index (χ1v) is 8.25. The molecule has 1 aliphatic rings. The van der Waals surface area contributed by atoms with Gasteiger partial charge in [0.25, 0.3) is 5.91 Å². The highest BCUT2D eigenvalue weighted by Gasteiger charge is 2.26. The fourth-order valence-electron chi connectivity index (χ4n) is 2.47. The summed E-state index contributed by atoms with van der Waals surface area (Å²) in [6, 6.07) is 7.87. The topological polar surface area (TPSA) is 29.1 Å². The molecule has 0 heterocycles. The van der Waals surface area contributed by atoms with Crippen LogP contribution >= 0.6 is 31.9 Å². The summed E-state index contributed by atoms with van der Waals surface area (Å²) in [6.45, 7) is 0. The second-order valence-electron chi connectivity index (χ2n) is 4.76. The van der Waals surface area contributed by atoms with E-state index in [1.54, 1.807) is 0 Å². The molecule has 1 aromatic rings. The zero-order valence-corrected chi connectivity index (χ0v) is 13.3. The number of carbonyl (C=O) groups is 1. The quantitative estimate of drug-likeness (QED) is 0.791. The van der Waals surface area contributed by atoms with Gasteiger partial charge in [0, 0.05) is 15.8 Å². The fourth-order valence-corrected chi connectivity index (χ4v) is 3.71. The van der Waals surface area contributed by atoms with E-state index in [4.69, 9.17) is 0 Å². The van der Waals surface area contributed by atoms with Crippen LogP contribution in [0.25, 0.3) is 0 Å². The minimum absolute atomic E-state index is 0.0281. The van der Waals surface area contributed by atoms with Crippen LogP contribution in [-0.2, 0) is 0 Å². The van der Waals surface area contributed by atoms with Crippen molar-refractivity contribution in [3.63, 3.8) is 0 Å². The molecule has 1 fully saturated rings. The Morgan fingerprint density at radius 3 is 2.72 bits per heavy atom. The van der Waals surface area contributed by atoms with Crippen molar-refractivity contribution in [2.24, 2.45) is 5.92 Å². The van der Waals surface area contributed by atoms with Crippen molar-refractivity contribution in [3.05, 3.63) is 34.3 Å². The molecule has 0 aromatic heterocycles. The SMILES string of the molecule is O=C(NC1CCCCC1CBr)c1ccccc1Br. The number of alkyl halides is 1. The maximum atomic E-state index is 12.2. The molecule has 0 aliphatic heterocycles. The monoisotopic (exact) mass is 373 g/mol. The normalized spacial score (nSPS) is 23.7. The molecule has 1 N–H and O–H groups in total. The smallest absolute Gasteiger partial charge is 0.252 e. The van der Waals surface area contributed by atoms with Crippen LogP contribution in [0.1, 0.15) is 36.0 Å². The molecule has 1 aliphatic carbocycles. The number of amides is 1. The van der Waals surface area contributed by atoms with E-state index in [9.17, 15) is 4.79 Å². The molecule has 18 heavy (non-hydrogen) atoms. The molecule has 1 amide bonds. The van der Waals surface area contributed by atoms with Crippen LogP contribution in [0.5, 0.6) is 0 Å². The van der Waals surface area contributed by atoms with Crippen molar-refractivity contribution >= 4 is 37.8 Å². The average Bonchev–Trinajstić information content (AvgIpc) is 2.39. The summed E-state index contributed by atoms with van der Waals surface area (Å²) in [5.41, 5.74) is 0.719. The summed E-state index contributed by atoms with van der Waals surface area (Å²) in [4.78, 5) is 12.2. The molecule has 2 unspecified atom stereocenters. The summed E-state index contributed by atoms with van der Waals surface area (Å²) in [7, 11) is 0. The minimum Gasteiger partial charge on any atom is -0.349 e. The van der Waals surface area contributed by atoms with Gasteiger partial charge in [-0.05, 0) is 46.8 Å². The van der Waals surface area contributed by atoms with Gasteiger partial charge >= 0.3 is 0 Å². The minimum atomic E-state index is 0.0281. The number of hydrogen-bond acceptors (Lipinski definition) is 1. The highest BCUT2D eigenvalue weighted by atomic mass is 79.9. The van der Waals surface area contributed by atoms with Crippen molar-refractivity contribution < 1.29 is 4.79 Å². The maximum absolute atomic E-state index is 12.2. The number of benzene rings is 1. The van der Waals surface area contributed by atoms with E-state index in [1.807, 2.05) is 24.3 Å². The van der Waals surface area contributed by atoms with Crippen LogP contribution in [0.4, 0.5) is 0 Å². The Kier molecular flexibility index (Phi) is 5.25. The molecule has 2 rings (SSSR count). The van der Waals surface area contributed by atoms with Crippen LogP contribution < -0.4 is 5.32 Å². The molecular weight excluding hydrogens is 358 g/mol. The number of rotatable bonds is 3. The zero-order chi connectivity index (χ0) is 13.0. The molecule has 0 spiro atoms. The molecule has 1 saturated carbocycles. The number of halogens is 2. The molecule has 0 bridgehead atoms. The molecule has 98 valence electrons. The Morgan fingerprint density at radius 2 is 2.00 bits per heavy atom. The largest absolute Gasteiger partial charge is 0.349 e. The van der Waals surface area contributed by atoms with Gasteiger partial charge in [0.15, 0.2) is 0 Å². The first-order valence-electron chi connectivity index (χ1n) is 6.33. The van der Waals surface area contributed by atoms with Gasteiger partial charge < -0.3 is 5.32 Å². The molecule has 0 saturated heterocycles. The summed E-state index contributed by atoms with van der Waals surface area (Å²) in [5, 5.41) is 4.14. The highest BCUT2D eigenvalue weighted by Crippen LogP contribution is 2.26. The lowest BCUT2D eigenvalue weighted by molar-refractivity contribution is 0.0911. The van der Waals surface area contributed by atoms with Gasteiger partial charge in [-0.1, -0.05) is 40.9 Å². The Hall–Kier alpha value is -0.350. The maximum Gasteiger partial charge on any atom is 0.252 e. The van der Waals surface area contributed by atoms with E-state index in [2.05, 4.69) is 37.2 Å². The highest BCUT2D eigenvalue weighted by molar-refractivity contribution is 9.10. The lowest BCUT2D eigenvalue weighted by atomic mass is 9.86. The van der Waals surface area contributed by atoms with Gasteiger partial charge in [-0.2, -0.15) is 0 Å². The molecule has 2 nitrogen and oxygen atoms in total. The van der Waals surface area contributed by atoms with E-state index < -0.39 is 0 Å². The first kappa shape index (κ1) is 14.1. The van der Waals surface area contributed by atoms with Crippen LogP contribution in [0.2, 0.25) is 0 Å². The zero-order valence-electron chi connectivity index (χ0n) is 10.2. The summed E-state index contributed by atoms with van der Waals surface area (Å²) in [5.74, 6) is 0.588. The third-order valence-electron chi connectivity index (χ3n) is 3.54. The first-order chi connectivity index (χ1) is 8.72. The fraction of sp³-hybridized carbons (Fsp3) is 0.500. The Balaban J connectivity index is 2.04. The molecular formula is C14H17Br2NO. The third-order valence-corrected chi connectivity index (χ3v) is 5.07. The molecule has 4 heteroatoms. The second-order valence-corrected chi connectivity index (χ2v) is 6.26. The van der Waals surface area contributed by atoms with Crippen molar-refractivity contribution in [3.8, 4) is 0 Å². The van der Waals surface area contributed by atoms with Gasteiger partial charge in [0.2, 0.25) is 0 Å². The van der Waals surface area contributed by atoms with Gasteiger partial charge in [0.05, 0.1) is 5.56 Å². The molecule has 2 atom stereocenters. The number of carbonyl (C=O) groups excluding carboxylic acids is 1. The Labute approximate surface area is 125 Å². The average molecular weight is 375 g/mol. The lowest BCUT2D eigenvalue weighted by Crippen LogP contribution is -2.42. The summed E-state index contributed by atoms with van der Waals surface area (Å²) >= 11 is 6.98. The van der Waals surface area contributed by atoms with Crippen molar-refractivity contribution in [2.75, 3.05) is 5.33 Å². The van der Waals surface area contributed by atoms with E-state index in [0.717, 1.165) is 21.8 Å². The number of hydrogen-bond donors (Lipinski definition) is 1. The van der Waals surface area contributed by atoms with Gasteiger partial charge in [0.1, 0.15) is 0 Å². The van der Waals surface area contributed by atoms with Crippen LogP contribution in [0, 0.1) is 5.92 Å². The summed E-state index contributed by atoms with van der Waals surface area (Å²) in [6.07, 6.45) is 4.78. The van der Waals surface area contributed by atoms with Crippen molar-refractivity contribution in [2.45, 2.75) is 31.7 Å². The lowest BCUT2D eigenvalue weighted by Gasteiger charge is -2.31. The predicted molar refractivity (Wildman–Crippen MR) is 81.1 cm³/mol. The Morgan fingerprint density at radius 1 is 1.28 bits per heavy atom. The van der Waals surface area contributed by atoms with Gasteiger partial charge in [-0.3, -0.25) is 4.79 Å².